The molecule has 0 unspecified atom stereocenters. The van der Waals surface area contributed by atoms with E-state index >= 15 is 0 Å². The Labute approximate surface area is 85.2 Å². The van der Waals surface area contributed by atoms with Crippen LogP contribution < -0.4 is 11.1 Å². The second kappa shape index (κ2) is 5.98. The summed E-state index contributed by atoms with van der Waals surface area (Å²) in [5.74, 6) is -0.00711. The number of carbonyl (C=O) groups excluding carboxylic acids is 1. The van der Waals surface area contributed by atoms with Crippen LogP contribution in [-0.2, 0) is 9.53 Å². The summed E-state index contributed by atoms with van der Waals surface area (Å²) in [6.07, 6.45) is 4.03. The molecule has 14 heavy (non-hydrogen) atoms. The summed E-state index contributed by atoms with van der Waals surface area (Å²) in [4.78, 5) is 11.3. The lowest BCUT2D eigenvalue weighted by Crippen LogP contribution is -2.41. The van der Waals surface area contributed by atoms with Crippen molar-refractivity contribution in [1.82, 2.24) is 5.32 Å². The third-order valence-corrected chi connectivity index (χ3v) is 2.57. The quantitative estimate of drug-likeness (QED) is 0.691. The lowest BCUT2D eigenvalue weighted by atomic mass is 9.92. The van der Waals surface area contributed by atoms with Gasteiger partial charge in [-0.15, -0.1) is 0 Å². The minimum Gasteiger partial charge on any atom is -0.372 e. The third kappa shape index (κ3) is 4.07. The lowest BCUT2D eigenvalue weighted by molar-refractivity contribution is -0.126. The molecule has 1 saturated carbocycles. The van der Waals surface area contributed by atoms with Crippen LogP contribution in [0.15, 0.2) is 0 Å². The van der Waals surface area contributed by atoms with Crippen molar-refractivity contribution in [1.29, 1.82) is 0 Å². The standard InChI is InChI=1S/C10H20N2O2/c1-2-14-7-10(13)12-9-5-3-8(11)4-6-9/h8-9H,2-7,11H2,1H3,(H,12,13). The zero-order valence-electron chi connectivity index (χ0n) is 8.79. The number of rotatable bonds is 4. The molecule has 0 aromatic heterocycles. The highest BCUT2D eigenvalue weighted by atomic mass is 16.5. The van der Waals surface area contributed by atoms with E-state index in [-0.39, 0.29) is 12.5 Å². The topological polar surface area (TPSA) is 64.3 Å². The fourth-order valence-corrected chi connectivity index (χ4v) is 1.73. The lowest BCUT2D eigenvalue weighted by Gasteiger charge is -2.26. The Morgan fingerprint density at radius 2 is 2.07 bits per heavy atom. The van der Waals surface area contributed by atoms with Crippen molar-refractivity contribution in [2.45, 2.75) is 44.7 Å². The average Bonchev–Trinajstić information content (AvgIpc) is 2.18. The van der Waals surface area contributed by atoms with Crippen LogP contribution in [0, 0.1) is 0 Å². The first-order valence-corrected chi connectivity index (χ1v) is 5.35. The predicted octanol–water partition coefficient (Wildman–Crippen LogP) is 0.409. The molecule has 82 valence electrons. The second-order valence-corrected chi connectivity index (χ2v) is 3.82. The molecule has 0 heterocycles. The van der Waals surface area contributed by atoms with Crippen molar-refractivity contribution >= 4 is 5.91 Å². The van der Waals surface area contributed by atoms with Gasteiger partial charge in [-0.05, 0) is 32.6 Å². The first-order chi connectivity index (χ1) is 6.72. The van der Waals surface area contributed by atoms with Gasteiger partial charge in [0, 0.05) is 18.7 Å². The van der Waals surface area contributed by atoms with Crippen LogP contribution in [0.3, 0.4) is 0 Å². The largest absolute Gasteiger partial charge is 0.372 e. The monoisotopic (exact) mass is 200 g/mol. The molecule has 1 amide bonds. The first-order valence-electron chi connectivity index (χ1n) is 5.35. The number of hydrogen-bond acceptors (Lipinski definition) is 3. The number of hydrogen-bond donors (Lipinski definition) is 2. The minimum atomic E-state index is -0.00711. The van der Waals surface area contributed by atoms with Crippen LogP contribution in [0.2, 0.25) is 0 Å². The number of carbonyl (C=O) groups is 1. The van der Waals surface area contributed by atoms with Gasteiger partial charge in [0.25, 0.3) is 0 Å². The number of nitrogens with one attached hydrogen (secondary N) is 1. The molecule has 1 rings (SSSR count). The van der Waals surface area contributed by atoms with Crippen LogP contribution in [-0.4, -0.2) is 31.2 Å². The minimum absolute atomic E-state index is 0.00711. The van der Waals surface area contributed by atoms with E-state index in [9.17, 15) is 4.79 Å². The molecule has 0 aromatic carbocycles. The zero-order chi connectivity index (χ0) is 10.4. The molecular weight excluding hydrogens is 180 g/mol. The maximum Gasteiger partial charge on any atom is 0.246 e. The van der Waals surface area contributed by atoms with Gasteiger partial charge in [-0.1, -0.05) is 0 Å². The van der Waals surface area contributed by atoms with E-state index in [4.69, 9.17) is 10.5 Å². The molecule has 1 aliphatic rings. The van der Waals surface area contributed by atoms with E-state index < -0.39 is 0 Å². The average molecular weight is 200 g/mol. The van der Waals surface area contributed by atoms with Gasteiger partial charge >= 0.3 is 0 Å². The van der Waals surface area contributed by atoms with Gasteiger partial charge < -0.3 is 15.8 Å². The van der Waals surface area contributed by atoms with Crippen molar-refractivity contribution in [2.24, 2.45) is 5.73 Å². The summed E-state index contributed by atoms with van der Waals surface area (Å²) in [6.45, 7) is 2.65. The Morgan fingerprint density at radius 3 is 2.64 bits per heavy atom. The Morgan fingerprint density at radius 1 is 1.43 bits per heavy atom. The first kappa shape index (κ1) is 11.5. The molecule has 0 bridgehead atoms. The molecule has 0 spiro atoms. The van der Waals surface area contributed by atoms with Crippen molar-refractivity contribution in [3.8, 4) is 0 Å². The molecule has 4 nitrogen and oxygen atoms in total. The van der Waals surface area contributed by atoms with Gasteiger partial charge in [0.2, 0.25) is 5.91 Å². The Balaban J connectivity index is 2.14. The molecule has 0 saturated heterocycles. The van der Waals surface area contributed by atoms with E-state index in [2.05, 4.69) is 5.32 Å². The summed E-state index contributed by atoms with van der Waals surface area (Å²) in [5.41, 5.74) is 5.77. The van der Waals surface area contributed by atoms with Gasteiger partial charge in [0.15, 0.2) is 0 Å². The van der Waals surface area contributed by atoms with Gasteiger partial charge in [-0.3, -0.25) is 4.79 Å². The van der Waals surface area contributed by atoms with Crippen LogP contribution in [0.4, 0.5) is 0 Å². The van der Waals surface area contributed by atoms with E-state index in [0.717, 1.165) is 25.7 Å². The summed E-state index contributed by atoms with van der Waals surface area (Å²) in [5, 5.41) is 2.95. The van der Waals surface area contributed by atoms with Crippen molar-refractivity contribution in [3.63, 3.8) is 0 Å². The third-order valence-electron chi connectivity index (χ3n) is 2.57. The molecule has 0 radical (unpaired) electrons. The van der Waals surface area contributed by atoms with Gasteiger partial charge in [0.05, 0.1) is 0 Å². The highest BCUT2D eigenvalue weighted by molar-refractivity contribution is 5.77. The van der Waals surface area contributed by atoms with Crippen LogP contribution in [0.1, 0.15) is 32.6 Å². The summed E-state index contributed by atoms with van der Waals surface area (Å²) >= 11 is 0. The number of ether oxygens (including phenoxy) is 1. The van der Waals surface area contributed by atoms with E-state index in [1.165, 1.54) is 0 Å². The Bertz CT molecular complexity index is 177. The fraction of sp³-hybridized carbons (Fsp3) is 0.900. The van der Waals surface area contributed by atoms with Crippen molar-refractivity contribution < 1.29 is 9.53 Å². The number of nitrogens with two attached hydrogens (primary N) is 1. The van der Waals surface area contributed by atoms with Gasteiger partial charge in [-0.2, -0.15) is 0 Å². The maximum absolute atomic E-state index is 11.3. The molecule has 1 fully saturated rings. The van der Waals surface area contributed by atoms with Crippen molar-refractivity contribution in [2.75, 3.05) is 13.2 Å². The Hall–Kier alpha value is -0.610. The molecule has 3 N–H and O–H groups in total. The Kier molecular flexibility index (Phi) is 4.90. The molecular formula is C10H20N2O2. The van der Waals surface area contributed by atoms with Gasteiger partial charge in [-0.25, -0.2) is 0 Å². The van der Waals surface area contributed by atoms with E-state index in [1.54, 1.807) is 0 Å². The summed E-state index contributed by atoms with van der Waals surface area (Å²) < 4.78 is 5.02. The zero-order valence-corrected chi connectivity index (χ0v) is 8.79. The second-order valence-electron chi connectivity index (χ2n) is 3.82. The van der Waals surface area contributed by atoms with Crippen LogP contribution >= 0.6 is 0 Å². The molecule has 0 atom stereocenters. The molecule has 0 aromatic rings. The van der Waals surface area contributed by atoms with Crippen LogP contribution in [0.5, 0.6) is 0 Å². The number of amides is 1. The van der Waals surface area contributed by atoms with Crippen LogP contribution in [0.25, 0.3) is 0 Å². The normalized spacial score (nSPS) is 27.3. The molecule has 4 heteroatoms. The van der Waals surface area contributed by atoms with E-state index in [1.807, 2.05) is 6.92 Å². The molecule has 0 aliphatic heterocycles. The molecule has 1 aliphatic carbocycles. The van der Waals surface area contributed by atoms with Gasteiger partial charge in [0.1, 0.15) is 6.61 Å². The SMILES string of the molecule is CCOCC(=O)NC1CCC(N)CC1. The highest BCUT2D eigenvalue weighted by Gasteiger charge is 2.19. The van der Waals surface area contributed by atoms with Crippen molar-refractivity contribution in [3.05, 3.63) is 0 Å². The predicted molar refractivity (Wildman–Crippen MR) is 54.9 cm³/mol. The highest BCUT2D eigenvalue weighted by Crippen LogP contribution is 2.16. The fourth-order valence-electron chi connectivity index (χ4n) is 1.73. The summed E-state index contributed by atoms with van der Waals surface area (Å²) in [6, 6.07) is 0.637. The van der Waals surface area contributed by atoms with E-state index in [0.29, 0.717) is 18.7 Å². The maximum atomic E-state index is 11.3. The summed E-state index contributed by atoms with van der Waals surface area (Å²) in [7, 11) is 0. The smallest absolute Gasteiger partial charge is 0.246 e.